The van der Waals surface area contributed by atoms with Crippen LogP contribution >= 0.6 is 0 Å². The van der Waals surface area contributed by atoms with Crippen LogP contribution in [0.15, 0.2) is 60.8 Å². The molecule has 3 amide bonds. The fraction of sp³-hybridized carbons (Fsp3) is 0.345. The van der Waals surface area contributed by atoms with Crippen molar-refractivity contribution in [3.05, 3.63) is 83.2 Å². The maximum Gasteiger partial charge on any atom is 0.430 e. The maximum atomic E-state index is 13.4. The summed E-state index contributed by atoms with van der Waals surface area (Å²) in [6, 6.07) is 10.8. The van der Waals surface area contributed by atoms with Gasteiger partial charge in [-0.25, -0.2) is 4.79 Å². The number of nitrogens with one attached hydrogen (secondary N) is 1. The van der Waals surface area contributed by atoms with Gasteiger partial charge < -0.3 is 19.9 Å². The minimum absolute atomic E-state index is 0.00607. The van der Waals surface area contributed by atoms with Crippen LogP contribution in [0.4, 0.5) is 31.1 Å². The fourth-order valence-corrected chi connectivity index (χ4v) is 4.72. The van der Waals surface area contributed by atoms with E-state index in [4.69, 9.17) is 9.47 Å². The van der Waals surface area contributed by atoms with Crippen molar-refractivity contribution in [1.82, 2.24) is 15.2 Å². The van der Waals surface area contributed by atoms with Crippen LogP contribution in [0.25, 0.3) is 0 Å². The SMILES string of the molecule is CCCc1cc(C(O)(C(F)(F)F)C(F)(F)F)ccc1Oc1ccnc(CN2C(=O)NC(C)(c3cccc(OC)c3)C2=O)c1. The van der Waals surface area contributed by atoms with Gasteiger partial charge >= 0.3 is 18.4 Å². The van der Waals surface area contributed by atoms with Gasteiger partial charge in [-0.15, -0.1) is 0 Å². The summed E-state index contributed by atoms with van der Waals surface area (Å²) in [6.07, 6.45) is -10.4. The molecule has 1 fully saturated rings. The summed E-state index contributed by atoms with van der Waals surface area (Å²) in [5.41, 5.74) is -7.15. The third-order valence-electron chi connectivity index (χ3n) is 7.08. The highest BCUT2D eigenvalue weighted by Gasteiger charge is 2.71. The van der Waals surface area contributed by atoms with Gasteiger partial charge in [0.15, 0.2) is 0 Å². The summed E-state index contributed by atoms with van der Waals surface area (Å²) in [5.74, 6) is -0.0149. The average molecular weight is 612 g/mol. The van der Waals surface area contributed by atoms with E-state index in [9.17, 15) is 41.0 Å². The molecule has 1 aliphatic rings. The highest BCUT2D eigenvalue weighted by Crippen LogP contribution is 2.50. The number of nitrogens with zero attached hydrogens (tertiary/aromatic N) is 2. The standard InChI is InChI=1S/C29H27F6N3O5/c1-4-6-17-13-19(27(41,28(30,31)32)29(33,34)35)9-10-23(17)43-22-11-12-36-20(15-22)16-38-24(39)26(2,37-25(38)40)18-7-5-8-21(14-18)42-3/h5,7-15,41H,4,6,16H2,1-3H3,(H,37,40). The molecule has 14 heteroatoms. The molecule has 0 spiro atoms. The fourth-order valence-electron chi connectivity index (χ4n) is 4.72. The lowest BCUT2D eigenvalue weighted by molar-refractivity contribution is -0.376. The second-order valence-electron chi connectivity index (χ2n) is 10.0. The van der Waals surface area contributed by atoms with E-state index < -0.39 is 41.0 Å². The molecule has 0 radical (unpaired) electrons. The maximum absolute atomic E-state index is 13.4. The van der Waals surface area contributed by atoms with Crippen molar-refractivity contribution < 1.29 is 50.5 Å². The number of carbonyl (C=O) groups excluding carboxylic acids is 2. The topological polar surface area (TPSA) is 101 Å². The third kappa shape index (κ3) is 5.83. The van der Waals surface area contributed by atoms with Crippen LogP contribution in [-0.4, -0.2) is 46.4 Å². The van der Waals surface area contributed by atoms with Crippen molar-refractivity contribution in [3.8, 4) is 17.2 Å². The first-order chi connectivity index (χ1) is 20.0. The number of carbonyl (C=O) groups is 2. The van der Waals surface area contributed by atoms with Crippen LogP contribution in [0.3, 0.4) is 0 Å². The van der Waals surface area contributed by atoms with Crippen molar-refractivity contribution in [3.63, 3.8) is 0 Å². The van der Waals surface area contributed by atoms with Gasteiger partial charge in [-0.2, -0.15) is 26.3 Å². The number of aliphatic hydroxyl groups is 1. The number of ether oxygens (including phenoxy) is 2. The molecule has 0 saturated carbocycles. The number of pyridine rings is 1. The first kappa shape index (κ1) is 31.6. The summed E-state index contributed by atoms with van der Waals surface area (Å²) < 4.78 is 91.6. The van der Waals surface area contributed by atoms with Crippen LogP contribution in [0, 0.1) is 0 Å². The summed E-state index contributed by atoms with van der Waals surface area (Å²) in [5, 5.41) is 12.5. The van der Waals surface area contributed by atoms with Gasteiger partial charge in [-0.05, 0) is 54.8 Å². The number of imide groups is 1. The number of hydrogen-bond donors (Lipinski definition) is 2. The Hall–Kier alpha value is -4.33. The van der Waals surface area contributed by atoms with E-state index in [2.05, 4.69) is 10.3 Å². The van der Waals surface area contributed by atoms with Crippen LogP contribution in [0.5, 0.6) is 17.2 Å². The predicted molar refractivity (Wildman–Crippen MR) is 140 cm³/mol. The van der Waals surface area contributed by atoms with Crippen LogP contribution in [0.1, 0.15) is 42.7 Å². The first-order valence-electron chi connectivity index (χ1n) is 13.0. The van der Waals surface area contributed by atoms with Crippen molar-refractivity contribution in [2.75, 3.05) is 7.11 Å². The minimum Gasteiger partial charge on any atom is -0.497 e. The normalized spacial score (nSPS) is 17.7. The molecule has 8 nitrogen and oxygen atoms in total. The molecule has 3 aromatic rings. The number of hydrogen-bond acceptors (Lipinski definition) is 6. The predicted octanol–water partition coefficient (Wildman–Crippen LogP) is 6.11. The van der Waals surface area contributed by atoms with Crippen LogP contribution < -0.4 is 14.8 Å². The molecule has 230 valence electrons. The number of halogens is 6. The Kier molecular flexibility index (Phi) is 8.38. The molecule has 0 bridgehead atoms. The molecule has 2 heterocycles. The molecule has 1 aliphatic heterocycles. The number of amides is 3. The Bertz CT molecular complexity index is 1510. The Morgan fingerprint density at radius 3 is 2.30 bits per heavy atom. The second kappa shape index (κ2) is 11.4. The largest absolute Gasteiger partial charge is 0.497 e. The molecule has 1 unspecified atom stereocenters. The Morgan fingerprint density at radius 2 is 1.67 bits per heavy atom. The van der Waals surface area contributed by atoms with Crippen molar-refractivity contribution >= 4 is 11.9 Å². The van der Waals surface area contributed by atoms with Crippen molar-refractivity contribution in [2.45, 2.75) is 56.7 Å². The van der Waals surface area contributed by atoms with E-state index >= 15 is 0 Å². The van der Waals surface area contributed by atoms with Gasteiger partial charge in [-0.3, -0.25) is 14.7 Å². The van der Waals surface area contributed by atoms with E-state index in [-0.39, 0.29) is 35.7 Å². The highest BCUT2D eigenvalue weighted by atomic mass is 19.4. The summed E-state index contributed by atoms with van der Waals surface area (Å²) in [6.45, 7) is 2.96. The molecule has 1 aromatic heterocycles. The molecule has 1 atom stereocenters. The van der Waals surface area contributed by atoms with Crippen LogP contribution in [0.2, 0.25) is 0 Å². The lowest BCUT2D eigenvalue weighted by Gasteiger charge is -2.33. The quantitative estimate of drug-likeness (QED) is 0.224. The number of alkyl halides is 6. The zero-order valence-corrected chi connectivity index (χ0v) is 23.1. The van der Waals surface area contributed by atoms with Crippen molar-refractivity contribution in [2.24, 2.45) is 0 Å². The molecule has 1 saturated heterocycles. The third-order valence-corrected chi connectivity index (χ3v) is 7.08. The molecule has 43 heavy (non-hydrogen) atoms. The Labute approximate surface area is 242 Å². The number of methoxy groups -OCH3 is 1. The number of benzene rings is 2. The van der Waals surface area contributed by atoms with Crippen molar-refractivity contribution in [1.29, 1.82) is 0 Å². The van der Waals surface area contributed by atoms with E-state index in [1.807, 2.05) is 0 Å². The van der Waals surface area contributed by atoms with Crippen LogP contribution in [-0.2, 0) is 28.9 Å². The number of aryl methyl sites for hydroxylation is 1. The van der Waals surface area contributed by atoms with E-state index in [0.717, 1.165) is 11.0 Å². The molecule has 2 aromatic carbocycles. The average Bonchev–Trinajstić information content (AvgIpc) is 3.16. The van der Waals surface area contributed by atoms with E-state index in [0.29, 0.717) is 29.9 Å². The zero-order chi connectivity index (χ0) is 31.8. The number of urea groups is 1. The lowest BCUT2D eigenvalue weighted by Crippen LogP contribution is -2.53. The van der Waals surface area contributed by atoms with Gasteiger partial charge in [0.25, 0.3) is 11.5 Å². The van der Waals surface area contributed by atoms with E-state index in [1.54, 1.807) is 38.1 Å². The second-order valence-corrected chi connectivity index (χ2v) is 10.0. The first-order valence-corrected chi connectivity index (χ1v) is 13.0. The number of rotatable bonds is 9. The van der Waals surface area contributed by atoms with Gasteiger partial charge in [0.2, 0.25) is 0 Å². The summed E-state index contributed by atoms with van der Waals surface area (Å²) in [7, 11) is 1.47. The molecule has 0 aliphatic carbocycles. The van der Waals surface area contributed by atoms with Gasteiger partial charge in [0.1, 0.15) is 22.8 Å². The number of aromatic nitrogens is 1. The molecule has 2 N–H and O–H groups in total. The zero-order valence-electron chi connectivity index (χ0n) is 23.1. The molecular formula is C29H27F6N3O5. The highest BCUT2D eigenvalue weighted by molar-refractivity contribution is 6.07. The Morgan fingerprint density at radius 1 is 0.977 bits per heavy atom. The van der Waals surface area contributed by atoms with Gasteiger partial charge in [0.05, 0.1) is 19.3 Å². The Balaban J connectivity index is 1.59. The minimum atomic E-state index is -6.03. The smallest absolute Gasteiger partial charge is 0.430 e. The van der Waals surface area contributed by atoms with Gasteiger partial charge in [0, 0.05) is 17.8 Å². The lowest BCUT2D eigenvalue weighted by atomic mass is 9.90. The molecule has 4 rings (SSSR count). The van der Waals surface area contributed by atoms with E-state index in [1.165, 1.54) is 25.4 Å². The monoisotopic (exact) mass is 611 g/mol. The molecular weight excluding hydrogens is 584 g/mol. The van der Waals surface area contributed by atoms with Gasteiger partial charge in [-0.1, -0.05) is 31.5 Å². The summed E-state index contributed by atoms with van der Waals surface area (Å²) >= 11 is 0. The summed E-state index contributed by atoms with van der Waals surface area (Å²) in [4.78, 5) is 31.3.